The van der Waals surface area contributed by atoms with Gasteiger partial charge in [-0.1, -0.05) is 42.1 Å². The summed E-state index contributed by atoms with van der Waals surface area (Å²) in [4.78, 5) is 12.0. The Labute approximate surface area is 123 Å². The van der Waals surface area contributed by atoms with Gasteiger partial charge >= 0.3 is 0 Å². The predicted octanol–water partition coefficient (Wildman–Crippen LogP) is 2.92. The molecule has 0 radical (unpaired) electrons. The predicted molar refractivity (Wildman–Crippen MR) is 78.5 cm³/mol. The SMILES string of the molecule is N[C@@H]1CCCC[C@H]1NC(=O)Cc1ccc(Cl)c(Cl)c1. The van der Waals surface area contributed by atoms with Gasteiger partial charge in [0, 0.05) is 12.1 Å². The van der Waals surface area contributed by atoms with Crippen LogP contribution in [0.25, 0.3) is 0 Å². The van der Waals surface area contributed by atoms with Crippen LogP contribution in [0.2, 0.25) is 10.0 Å². The number of halogens is 2. The smallest absolute Gasteiger partial charge is 0.224 e. The topological polar surface area (TPSA) is 55.1 Å². The molecule has 1 fully saturated rings. The van der Waals surface area contributed by atoms with Crippen LogP contribution in [0.5, 0.6) is 0 Å². The van der Waals surface area contributed by atoms with Crippen molar-refractivity contribution >= 4 is 29.1 Å². The van der Waals surface area contributed by atoms with Crippen LogP contribution < -0.4 is 11.1 Å². The Morgan fingerprint density at radius 2 is 2.00 bits per heavy atom. The maximum absolute atomic E-state index is 12.0. The summed E-state index contributed by atoms with van der Waals surface area (Å²) >= 11 is 11.8. The molecule has 0 bridgehead atoms. The molecule has 19 heavy (non-hydrogen) atoms. The van der Waals surface area contributed by atoms with Crippen LogP contribution in [-0.2, 0) is 11.2 Å². The third-order valence-electron chi connectivity index (χ3n) is 3.51. The molecule has 5 heteroatoms. The van der Waals surface area contributed by atoms with Crippen molar-refractivity contribution in [3.63, 3.8) is 0 Å². The van der Waals surface area contributed by atoms with Crippen molar-refractivity contribution in [2.45, 2.75) is 44.2 Å². The summed E-state index contributed by atoms with van der Waals surface area (Å²) in [7, 11) is 0. The molecular formula is C14H18Cl2N2O. The first kappa shape index (κ1) is 14.6. The number of carbonyl (C=O) groups excluding carboxylic acids is 1. The van der Waals surface area contributed by atoms with Gasteiger partial charge in [-0.2, -0.15) is 0 Å². The lowest BCUT2D eigenvalue weighted by molar-refractivity contribution is -0.121. The first-order chi connectivity index (χ1) is 9.06. The molecule has 0 unspecified atom stereocenters. The fourth-order valence-corrected chi connectivity index (χ4v) is 2.75. The average Bonchev–Trinajstić information content (AvgIpc) is 2.37. The van der Waals surface area contributed by atoms with Crippen LogP contribution in [-0.4, -0.2) is 18.0 Å². The van der Waals surface area contributed by atoms with Crippen molar-refractivity contribution in [1.82, 2.24) is 5.32 Å². The Hall–Kier alpha value is -0.770. The van der Waals surface area contributed by atoms with Crippen molar-refractivity contribution in [1.29, 1.82) is 0 Å². The van der Waals surface area contributed by atoms with Gasteiger partial charge in [0.05, 0.1) is 16.5 Å². The van der Waals surface area contributed by atoms with Crippen LogP contribution in [0.15, 0.2) is 18.2 Å². The van der Waals surface area contributed by atoms with Crippen LogP contribution in [0.1, 0.15) is 31.2 Å². The van der Waals surface area contributed by atoms with Gasteiger partial charge in [0.1, 0.15) is 0 Å². The van der Waals surface area contributed by atoms with Crippen molar-refractivity contribution < 1.29 is 4.79 Å². The maximum Gasteiger partial charge on any atom is 0.224 e. The third-order valence-corrected chi connectivity index (χ3v) is 4.25. The molecule has 0 saturated heterocycles. The second-order valence-electron chi connectivity index (χ2n) is 5.05. The summed E-state index contributed by atoms with van der Waals surface area (Å²) in [6, 6.07) is 5.42. The van der Waals surface area contributed by atoms with Crippen LogP contribution >= 0.6 is 23.2 Å². The molecule has 0 heterocycles. The molecule has 0 spiro atoms. The highest BCUT2D eigenvalue weighted by Gasteiger charge is 2.23. The highest BCUT2D eigenvalue weighted by molar-refractivity contribution is 6.42. The Morgan fingerprint density at radius 3 is 2.68 bits per heavy atom. The van der Waals surface area contributed by atoms with E-state index in [1.54, 1.807) is 12.1 Å². The molecule has 1 amide bonds. The minimum absolute atomic E-state index is 0.0132. The zero-order valence-corrected chi connectivity index (χ0v) is 12.2. The normalized spacial score (nSPS) is 23.1. The van der Waals surface area contributed by atoms with E-state index in [0.29, 0.717) is 16.5 Å². The summed E-state index contributed by atoms with van der Waals surface area (Å²) in [5.41, 5.74) is 6.87. The van der Waals surface area contributed by atoms with E-state index in [-0.39, 0.29) is 18.0 Å². The quantitative estimate of drug-likeness (QED) is 0.902. The molecule has 1 aromatic rings. The summed E-state index contributed by atoms with van der Waals surface area (Å²) in [5, 5.41) is 3.98. The largest absolute Gasteiger partial charge is 0.352 e. The van der Waals surface area contributed by atoms with Gasteiger partial charge in [0.25, 0.3) is 0 Å². The number of nitrogens with two attached hydrogens (primary N) is 1. The summed E-state index contributed by atoms with van der Waals surface area (Å²) < 4.78 is 0. The van der Waals surface area contributed by atoms with Gasteiger partial charge < -0.3 is 11.1 Å². The van der Waals surface area contributed by atoms with Crippen molar-refractivity contribution in [2.24, 2.45) is 5.73 Å². The number of rotatable bonds is 3. The van der Waals surface area contributed by atoms with E-state index in [1.165, 1.54) is 0 Å². The van der Waals surface area contributed by atoms with Gasteiger partial charge in [0.2, 0.25) is 5.91 Å². The van der Waals surface area contributed by atoms with E-state index < -0.39 is 0 Å². The van der Waals surface area contributed by atoms with Gasteiger partial charge in [-0.25, -0.2) is 0 Å². The van der Waals surface area contributed by atoms with Gasteiger partial charge in [0.15, 0.2) is 0 Å². The van der Waals surface area contributed by atoms with Crippen molar-refractivity contribution in [3.05, 3.63) is 33.8 Å². The van der Waals surface area contributed by atoms with E-state index in [2.05, 4.69) is 5.32 Å². The molecule has 0 aliphatic heterocycles. The van der Waals surface area contributed by atoms with E-state index >= 15 is 0 Å². The number of hydrogen-bond acceptors (Lipinski definition) is 2. The molecular weight excluding hydrogens is 283 g/mol. The molecule has 2 atom stereocenters. The molecule has 3 N–H and O–H groups in total. The minimum atomic E-state index is -0.0132. The van der Waals surface area contributed by atoms with Gasteiger partial charge in [-0.15, -0.1) is 0 Å². The zero-order valence-electron chi connectivity index (χ0n) is 10.7. The zero-order chi connectivity index (χ0) is 13.8. The summed E-state index contributed by atoms with van der Waals surface area (Å²) in [6.07, 6.45) is 4.54. The second-order valence-corrected chi connectivity index (χ2v) is 5.86. The standard InChI is InChI=1S/C14H18Cl2N2O/c15-10-6-5-9(7-11(10)16)8-14(19)18-13-4-2-1-3-12(13)17/h5-7,12-13H,1-4,8,17H2,(H,18,19)/t12-,13-/m1/s1. The van der Waals surface area contributed by atoms with E-state index in [1.807, 2.05) is 6.07 Å². The monoisotopic (exact) mass is 300 g/mol. The van der Waals surface area contributed by atoms with Crippen LogP contribution in [0.4, 0.5) is 0 Å². The van der Waals surface area contributed by atoms with Crippen LogP contribution in [0, 0.1) is 0 Å². The van der Waals surface area contributed by atoms with E-state index in [0.717, 1.165) is 31.2 Å². The van der Waals surface area contributed by atoms with Crippen molar-refractivity contribution in [2.75, 3.05) is 0 Å². The third kappa shape index (κ3) is 4.10. The summed E-state index contributed by atoms with van der Waals surface area (Å²) in [5.74, 6) is -0.0132. The van der Waals surface area contributed by atoms with Gasteiger partial charge in [-0.05, 0) is 30.5 Å². The number of nitrogens with one attached hydrogen (secondary N) is 1. The number of amides is 1. The average molecular weight is 301 g/mol. The Kier molecular flexibility index (Phi) is 5.08. The molecule has 3 nitrogen and oxygen atoms in total. The fraction of sp³-hybridized carbons (Fsp3) is 0.500. The fourth-order valence-electron chi connectivity index (χ4n) is 2.43. The highest BCUT2D eigenvalue weighted by atomic mass is 35.5. The molecule has 1 aliphatic carbocycles. The van der Waals surface area contributed by atoms with E-state index in [4.69, 9.17) is 28.9 Å². The Balaban J connectivity index is 1.91. The lowest BCUT2D eigenvalue weighted by atomic mass is 9.91. The molecule has 0 aromatic heterocycles. The van der Waals surface area contributed by atoms with Crippen molar-refractivity contribution in [3.8, 4) is 0 Å². The van der Waals surface area contributed by atoms with E-state index in [9.17, 15) is 4.79 Å². The molecule has 2 rings (SSSR count). The Morgan fingerprint density at radius 1 is 1.26 bits per heavy atom. The second kappa shape index (κ2) is 6.60. The Bertz CT molecular complexity index is 465. The number of carbonyl (C=O) groups is 1. The molecule has 1 saturated carbocycles. The molecule has 1 aliphatic rings. The number of hydrogen-bond donors (Lipinski definition) is 2. The maximum atomic E-state index is 12.0. The highest BCUT2D eigenvalue weighted by Crippen LogP contribution is 2.23. The first-order valence-electron chi connectivity index (χ1n) is 6.55. The van der Waals surface area contributed by atoms with Gasteiger partial charge in [-0.3, -0.25) is 4.79 Å². The number of benzene rings is 1. The lowest BCUT2D eigenvalue weighted by Gasteiger charge is -2.29. The lowest BCUT2D eigenvalue weighted by Crippen LogP contribution is -2.49. The molecule has 1 aromatic carbocycles. The first-order valence-corrected chi connectivity index (χ1v) is 7.30. The minimum Gasteiger partial charge on any atom is -0.352 e. The summed E-state index contributed by atoms with van der Waals surface area (Å²) in [6.45, 7) is 0. The molecule has 104 valence electrons. The van der Waals surface area contributed by atoms with Crippen LogP contribution in [0.3, 0.4) is 0 Å².